The smallest absolute Gasteiger partial charge is 0.255 e. The molecule has 1 amide bonds. The summed E-state index contributed by atoms with van der Waals surface area (Å²) in [6.45, 7) is 4.46. The summed E-state index contributed by atoms with van der Waals surface area (Å²) in [6, 6.07) is 21.7. The third-order valence-electron chi connectivity index (χ3n) is 5.74. The van der Waals surface area contributed by atoms with Gasteiger partial charge in [-0.2, -0.15) is 0 Å². The van der Waals surface area contributed by atoms with Gasteiger partial charge >= 0.3 is 0 Å². The molecule has 0 bridgehead atoms. The molecule has 1 aliphatic rings. The molecule has 0 aliphatic carbocycles. The van der Waals surface area contributed by atoms with E-state index in [0.717, 1.165) is 42.2 Å². The first-order valence-electron chi connectivity index (χ1n) is 10.4. The van der Waals surface area contributed by atoms with Crippen LogP contribution in [0.2, 0.25) is 0 Å². The molecule has 0 fully saturated rings. The first kappa shape index (κ1) is 19.2. The van der Waals surface area contributed by atoms with Crippen molar-refractivity contribution in [1.82, 2.24) is 9.55 Å². The van der Waals surface area contributed by atoms with Gasteiger partial charge in [0.15, 0.2) is 0 Å². The van der Waals surface area contributed by atoms with Gasteiger partial charge in [-0.1, -0.05) is 29.8 Å². The summed E-state index contributed by atoms with van der Waals surface area (Å²) in [5, 5.41) is 2.97. The molecular weight excluding hydrogens is 388 g/mol. The monoisotopic (exact) mass is 412 g/mol. The van der Waals surface area contributed by atoms with Gasteiger partial charge in [0.2, 0.25) is 0 Å². The molecule has 2 heterocycles. The van der Waals surface area contributed by atoms with E-state index in [4.69, 9.17) is 9.72 Å². The second-order valence-corrected chi connectivity index (χ2v) is 7.80. The van der Waals surface area contributed by atoms with Crippen molar-refractivity contribution in [2.24, 2.45) is 0 Å². The Labute approximate surface area is 181 Å². The number of para-hydroxylation sites is 2. The van der Waals surface area contributed by atoms with Crippen molar-refractivity contribution >= 4 is 28.3 Å². The number of hydrogen-bond donors (Lipinski definition) is 1. The van der Waals surface area contributed by atoms with Gasteiger partial charge in [-0.05, 0) is 43.3 Å². The number of carbonyl (C=O) groups is 1. The molecule has 1 aliphatic heterocycles. The molecule has 6 heteroatoms. The van der Waals surface area contributed by atoms with Crippen LogP contribution in [0, 0.1) is 6.92 Å². The average Bonchev–Trinajstić information content (AvgIpc) is 3.17. The van der Waals surface area contributed by atoms with Gasteiger partial charge in [0.05, 0.1) is 30.4 Å². The standard InChI is InChI=1S/C25H24N4O2/c1-17-6-5-7-18(14-17)25(30)27-21-11-10-19(15-23(21)31-2)28-12-13-29-22-9-4-3-8-20(22)26-24(29)16-28/h3-11,14-15H,12-13,16H2,1-2H3,(H,27,30). The van der Waals surface area contributed by atoms with E-state index in [1.807, 2.05) is 55.5 Å². The second-order valence-electron chi connectivity index (χ2n) is 7.80. The van der Waals surface area contributed by atoms with Crippen LogP contribution < -0.4 is 15.0 Å². The van der Waals surface area contributed by atoms with Crippen LogP contribution in [-0.2, 0) is 13.1 Å². The summed E-state index contributed by atoms with van der Waals surface area (Å²) in [7, 11) is 1.62. The number of carbonyl (C=O) groups excluding carboxylic acids is 1. The Bertz CT molecular complexity index is 1280. The van der Waals surface area contributed by atoms with Crippen LogP contribution in [0.4, 0.5) is 11.4 Å². The molecule has 1 aromatic heterocycles. The molecule has 4 aromatic rings. The number of aromatic nitrogens is 2. The summed E-state index contributed by atoms with van der Waals surface area (Å²) >= 11 is 0. The van der Waals surface area contributed by atoms with E-state index < -0.39 is 0 Å². The molecule has 156 valence electrons. The number of amides is 1. The fraction of sp³-hybridized carbons (Fsp3) is 0.200. The average molecular weight is 412 g/mol. The van der Waals surface area contributed by atoms with E-state index >= 15 is 0 Å². The van der Waals surface area contributed by atoms with E-state index in [2.05, 4.69) is 33.0 Å². The quantitative estimate of drug-likeness (QED) is 0.531. The lowest BCUT2D eigenvalue weighted by Crippen LogP contribution is -2.33. The Balaban J connectivity index is 1.38. The molecule has 5 rings (SSSR count). The molecule has 0 radical (unpaired) electrons. The number of anilines is 2. The zero-order chi connectivity index (χ0) is 21.4. The summed E-state index contributed by atoms with van der Waals surface area (Å²) in [5.41, 5.74) is 5.59. The largest absolute Gasteiger partial charge is 0.494 e. The Hall–Kier alpha value is -3.80. The maximum atomic E-state index is 12.7. The predicted molar refractivity (Wildman–Crippen MR) is 123 cm³/mol. The highest BCUT2D eigenvalue weighted by atomic mass is 16.5. The molecule has 0 saturated heterocycles. The van der Waals surface area contributed by atoms with Crippen molar-refractivity contribution in [3.05, 3.63) is 83.7 Å². The van der Waals surface area contributed by atoms with E-state index in [0.29, 0.717) is 17.0 Å². The number of benzene rings is 3. The lowest BCUT2D eigenvalue weighted by Gasteiger charge is -2.30. The van der Waals surface area contributed by atoms with Crippen LogP contribution in [-0.4, -0.2) is 29.1 Å². The highest BCUT2D eigenvalue weighted by Crippen LogP contribution is 2.32. The summed E-state index contributed by atoms with van der Waals surface area (Å²) in [6.07, 6.45) is 0. The summed E-state index contributed by atoms with van der Waals surface area (Å²) in [5.74, 6) is 1.54. The fourth-order valence-electron chi connectivity index (χ4n) is 4.15. The molecule has 0 atom stereocenters. The molecule has 6 nitrogen and oxygen atoms in total. The second kappa shape index (κ2) is 7.80. The van der Waals surface area contributed by atoms with Gasteiger partial charge in [-0.3, -0.25) is 4.79 Å². The van der Waals surface area contributed by atoms with Crippen molar-refractivity contribution in [2.45, 2.75) is 20.0 Å². The number of ether oxygens (including phenoxy) is 1. The lowest BCUT2D eigenvalue weighted by molar-refractivity contribution is 0.102. The molecule has 0 saturated carbocycles. The van der Waals surface area contributed by atoms with Crippen LogP contribution in [0.25, 0.3) is 11.0 Å². The van der Waals surface area contributed by atoms with Crippen LogP contribution in [0.15, 0.2) is 66.7 Å². The number of fused-ring (bicyclic) bond motifs is 3. The Kier molecular flexibility index (Phi) is 4.82. The van der Waals surface area contributed by atoms with Crippen molar-refractivity contribution in [3.63, 3.8) is 0 Å². The van der Waals surface area contributed by atoms with Gasteiger partial charge in [0.25, 0.3) is 5.91 Å². The molecule has 1 N–H and O–H groups in total. The molecule has 0 spiro atoms. The first-order chi connectivity index (χ1) is 15.1. The number of aryl methyl sites for hydroxylation is 1. The van der Waals surface area contributed by atoms with Gasteiger partial charge < -0.3 is 19.5 Å². The van der Waals surface area contributed by atoms with Crippen LogP contribution in [0.1, 0.15) is 21.7 Å². The number of nitrogens with zero attached hydrogens (tertiary/aromatic N) is 3. The first-order valence-corrected chi connectivity index (χ1v) is 10.4. The van der Waals surface area contributed by atoms with Crippen LogP contribution in [0.5, 0.6) is 5.75 Å². The molecule has 3 aromatic carbocycles. The third kappa shape index (κ3) is 3.61. The Morgan fingerprint density at radius 1 is 1.03 bits per heavy atom. The topological polar surface area (TPSA) is 59.4 Å². The number of rotatable bonds is 4. The minimum atomic E-state index is -0.151. The van der Waals surface area contributed by atoms with Crippen molar-refractivity contribution in [3.8, 4) is 5.75 Å². The van der Waals surface area contributed by atoms with E-state index in [1.165, 1.54) is 5.52 Å². The molecular formula is C25H24N4O2. The molecule has 0 unspecified atom stereocenters. The van der Waals surface area contributed by atoms with E-state index in [9.17, 15) is 4.79 Å². The lowest BCUT2D eigenvalue weighted by atomic mass is 10.1. The predicted octanol–water partition coefficient (Wildman–Crippen LogP) is 4.63. The van der Waals surface area contributed by atoms with Gasteiger partial charge in [-0.15, -0.1) is 0 Å². The highest BCUT2D eigenvalue weighted by Gasteiger charge is 2.21. The Morgan fingerprint density at radius 3 is 2.74 bits per heavy atom. The van der Waals surface area contributed by atoms with Gasteiger partial charge in [0, 0.05) is 30.4 Å². The van der Waals surface area contributed by atoms with E-state index in [1.54, 1.807) is 7.11 Å². The van der Waals surface area contributed by atoms with Crippen LogP contribution >= 0.6 is 0 Å². The van der Waals surface area contributed by atoms with Gasteiger partial charge in [-0.25, -0.2) is 4.98 Å². The zero-order valence-corrected chi connectivity index (χ0v) is 17.6. The highest BCUT2D eigenvalue weighted by molar-refractivity contribution is 6.05. The summed E-state index contributed by atoms with van der Waals surface area (Å²) in [4.78, 5) is 19.7. The number of imidazole rings is 1. The van der Waals surface area contributed by atoms with Crippen molar-refractivity contribution in [2.75, 3.05) is 23.9 Å². The Morgan fingerprint density at radius 2 is 1.90 bits per heavy atom. The zero-order valence-electron chi connectivity index (χ0n) is 17.6. The third-order valence-corrected chi connectivity index (χ3v) is 5.74. The molecule has 31 heavy (non-hydrogen) atoms. The van der Waals surface area contributed by atoms with Crippen molar-refractivity contribution in [1.29, 1.82) is 0 Å². The SMILES string of the molecule is COc1cc(N2CCn3c(nc4ccccc43)C2)ccc1NC(=O)c1cccc(C)c1. The van der Waals surface area contributed by atoms with E-state index in [-0.39, 0.29) is 5.91 Å². The van der Waals surface area contributed by atoms with Crippen molar-refractivity contribution < 1.29 is 9.53 Å². The number of methoxy groups -OCH3 is 1. The maximum absolute atomic E-state index is 12.7. The number of hydrogen-bond acceptors (Lipinski definition) is 4. The number of nitrogens with one attached hydrogen (secondary N) is 1. The summed E-state index contributed by atoms with van der Waals surface area (Å²) < 4.78 is 7.88. The maximum Gasteiger partial charge on any atom is 0.255 e. The van der Waals surface area contributed by atoms with Gasteiger partial charge in [0.1, 0.15) is 11.6 Å². The normalized spacial score (nSPS) is 13.2. The minimum absolute atomic E-state index is 0.151. The van der Waals surface area contributed by atoms with Crippen LogP contribution in [0.3, 0.4) is 0 Å². The minimum Gasteiger partial charge on any atom is -0.494 e. The fourth-order valence-corrected chi connectivity index (χ4v) is 4.15.